The zero-order valence-electron chi connectivity index (χ0n) is 22.4. The SMILES string of the molecule is Ic1cccc(-c2ccc(Oc3ccc(-c4cccc(I)c4)cc3Cc3ccccc3)c(Cc3ccccc3)c2)c1. The average molecular weight is 754 g/mol. The zero-order valence-corrected chi connectivity index (χ0v) is 26.7. The van der Waals surface area contributed by atoms with Gasteiger partial charge in [0, 0.05) is 20.0 Å². The minimum absolute atomic E-state index is 0.794. The van der Waals surface area contributed by atoms with Crippen LogP contribution in [0.25, 0.3) is 22.3 Å². The molecular weight excluding hydrogens is 726 g/mol. The van der Waals surface area contributed by atoms with Crippen LogP contribution in [-0.4, -0.2) is 0 Å². The van der Waals surface area contributed by atoms with Crippen LogP contribution in [0.4, 0.5) is 0 Å². The monoisotopic (exact) mass is 754 g/mol. The van der Waals surface area contributed by atoms with E-state index in [0.717, 1.165) is 24.3 Å². The molecule has 0 N–H and O–H groups in total. The van der Waals surface area contributed by atoms with Crippen LogP contribution >= 0.6 is 45.2 Å². The van der Waals surface area contributed by atoms with E-state index >= 15 is 0 Å². The molecule has 200 valence electrons. The second-order valence-corrected chi connectivity index (χ2v) is 12.6. The molecule has 6 aromatic rings. The molecule has 0 fully saturated rings. The van der Waals surface area contributed by atoms with E-state index in [2.05, 4.69) is 191 Å². The Bertz CT molecular complexity index is 1650. The predicted octanol–water partition coefficient (Wildman–Crippen LogP) is 11.2. The van der Waals surface area contributed by atoms with Crippen molar-refractivity contribution < 1.29 is 4.74 Å². The summed E-state index contributed by atoms with van der Waals surface area (Å²) in [6, 6.07) is 51.7. The molecular formula is C38H28I2O. The molecule has 6 rings (SSSR count). The molecule has 6 aromatic carbocycles. The van der Waals surface area contributed by atoms with Crippen LogP contribution in [0.3, 0.4) is 0 Å². The first-order valence-electron chi connectivity index (χ1n) is 13.6. The maximum atomic E-state index is 6.81. The first-order valence-corrected chi connectivity index (χ1v) is 15.8. The van der Waals surface area contributed by atoms with E-state index in [1.54, 1.807) is 0 Å². The van der Waals surface area contributed by atoms with Gasteiger partial charge in [-0.15, -0.1) is 0 Å². The van der Waals surface area contributed by atoms with E-state index in [9.17, 15) is 0 Å². The van der Waals surface area contributed by atoms with Gasteiger partial charge >= 0.3 is 0 Å². The summed E-state index contributed by atoms with van der Waals surface area (Å²) in [5.74, 6) is 1.78. The quantitative estimate of drug-likeness (QED) is 0.141. The lowest BCUT2D eigenvalue weighted by Crippen LogP contribution is -1.99. The van der Waals surface area contributed by atoms with Gasteiger partial charge in [0.1, 0.15) is 11.5 Å². The van der Waals surface area contributed by atoms with Crippen molar-refractivity contribution in [1.82, 2.24) is 0 Å². The summed E-state index contributed by atoms with van der Waals surface area (Å²) >= 11 is 4.75. The number of benzene rings is 6. The molecule has 0 atom stereocenters. The maximum Gasteiger partial charge on any atom is 0.131 e. The van der Waals surface area contributed by atoms with E-state index < -0.39 is 0 Å². The van der Waals surface area contributed by atoms with Crippen LogP contribution in [0.5, 0.6) is 11.5 Å². The Morgan fingerprint density at radius 2 is 0.805 bits per heavy atom. The molecule has 0 aliphatic heterocycles. The summed E-state index contributed by atoms with van der Waals surface area (Å²) in [6.45, 7) is 0. The molecule has 3 heteroatoms. The van der Waals surface area contributed by atoms with Crippen LogP contribution < -0.4 is 4.74 Å². The second kappa shape index (κ2) is 13.0. The van der Waals surface area contributed by atoms with Gasteiger partial charge in [0.2, 0.25) is 0 Å². The summed E-state index contributed by atoms with van der Waals surface area (Å²) in [5, 5.41) is 0. The van der Waals surface area contributed by atoms with Gasteiger partial charge in [-0.3, -0.25) is 0 Å². The lowest BCUT2D eigenvalue weighted by molar-refractivity contribution is 0.472. The molecule has 41 heavy (non-hydrogen) atoms. The van der Waals surface area contributed by atoms with Crippen molar-refractivity contribution >= 4 is 45.2 Å². The third kappa shape index (κ3) is 7.08. The van der Waals surface area contributed by atoms with Crippen LogP contribution in [0.15, 0.2) is 146 Å². The molecule has 0 saturated heterocycles. The molecule has 1 nitrogen and oxygen atoms in total. The van der Waals surface area contributed by atoms with Crippen molar-refractivity contribution in [2.45, 2.75) is 12.8 Å². The second-order valence-electron chi connectivity index (χ2n) is 10.1. The largest absolute Gasteiger partial charge is 0.457 e. The number of hydrogen-bond donors (Lipinski definition) is 0. The molecule has 0 bridgehead atoms. The molecule has 0 aliphatic rings. The summed E-state index contributed by atoms with van der Waals surface area (Å²) in [7, 11) is 0. The van der Waals surface area contributed by atoms with Crippen molar-refractivity contribution in [1.29, 1.82) is 0 Å². The number of rotatable bonds is 8. The van der Waals surface area contributed by atoms with Crippen LogP contribution in [-0.2, 0) is 12.8 Å². The smallest absolute Gasteiger partial charge is 0.131 e. The first kappa shape index (κ1) is 27.7. The molecule has 0 spiro atoms. The van der Waals surface area contributed by atoms with Gasteiger partial charge in [-0.1, -0.05) is 97.1 Å². The van der Waals surface area contributed by atoms with Crippen molar-refractivity contribution in [3.05, 3.63) is 175 Å². The minimum Gasteiger partial charge on any atom is -0.457 e. The molecule has 0 aliphatic carbocycles. The Hall–Kier alpha value is -3.42. The predicted molar refractivity (Wildman–Crippen MR) is 188 cm³/mol. The van der Waals surface area contributed by atoms with Crippen molar-refractivity contribution in [2.24, 2.45) is 0 Å². The van der Waals surface area contributed by atoms with Gasteiger partial charge < -0.3 is 4.74 Å². The van der Waals surface area contributed by atoms with Crippen LogP contribution in [0.1, 0.15) is 22.3 Å². The fraction of sp³-hybridized carbons (Fsp3) is 0.0526. The third-order valence-electron chi connectivity index (χ3n) is 7.13. The minimum atomic E-state index is 0.794. The maximum absolute atomic E-state index is 6.81. The van der Waals surface area contributed by atoms with Gasteiger partial charge in [-0.05, 0) is 138 Å². The zero-order chi connectivity index (χ0) is 28.0. The molecule has 0 saturated carbocycles. The number of ether oxygens (including phenoxy) is 1. The molecule has 0 amide bonds. The van der Waals surface area contributed by atoms with Gasteiger partial charge in [0.25, 0.3) is 0 Å². The van der Waals surface area contributed by atoms with Crippen molar-refractivity contribution in [2.75, 3.05) is 0 Å². The molecule has 0 radical (unpaired) electrons. The van der Waals surface area contributed by atoms with E-state index in [-0.39, 0.29) is 0 Å². The van der Waals surface area contributed by atoms with Gasteiger partial charge in [-0.2, -0.15) is 0 Å². The molecule has 0 unspecified atom stereocenters. The first-order chi connectivity index (χ1) is 20.1. The van der Waals surface area contributed by atoms with Crippen molar-refractivity contribution in [3.8, 4) is 33.8 Å². The fourth-order valence-corrected chi connectivity index (χ4v) is 6.17. The molecule has 0 heterocycles. The number of hydrogen-bond acceptors (Lipinski definition) is 1. The highest BCUT2D eigenvalue weighted by Gasteiger charge is 2.14. The topological polar surface area (TPSA) is 9.23 Å². The fourth-order valence-electron chi connectivity index (χ4n) is 5.08. The van der Waals surface area contributed by atoms with Gasteiger partial charge in [0.15, 0.2) is 0 Å². The normalized spacial score (nSPS) is 10.9. The summed E-state index contributed by atoms with van der Waals surface area (Å²) < 4.78 is 9.26. The highest BCUT2D eigenvalue weighted by atomic mass is 127. The van der Waals surface area contributed by atoms with Crippen LogP contribution in [0.2, 0.25) is 0 Å². The Balaban J connectivity index is 1.41. The lowest BCUT2D eigenvalue weighted by Gasteiger charge is -2.17. The lowest BCUT2D eigenvalue weighted by atomic mass is 9.97. The molecule has 0 aromatic heterocycles. The third-order valence-corrected chi connectivity index (χ3v) is 8.47. The van der Waals surface area contributed by atoms with E-state index in [4.69, 9.17) is 4.74 Å². The Morgan fingerprint density at radius 1 is 0.390 bits per heavy atom. The van der Waals surface area contributed by atoms with E-state index in [0.29, 0.717) is 0 Å². The summed E-state index contributed by atoms with van der Waals surface area (Å²) in [4.78, 5) is 0. The standard InChI is InChI=1S/C38H28I2O/c39-35-15-7-13-29(25-35)31-17-19-37(33(23-31)21-27-9-3-1-4-10-27)41-38-20-18-32(30-14-8-16-36(40)26-30)24-34(38)22-28-11-5-2-6-12-28/h1-20,23-26H,21-22H2. The van der Waals surface area contributed by atoms with Crippen molar-refractivity contribution in [3.63, 3.8) is 0 Å². The Kier molecular flexibility index (Phi) is 8.82. The van der Waals surface area contributed by atoms with Crippen LogP contribution in [0, 0.1) is 7.14 Å². The van der Waals surface area contributed by atoms with E-state index in [1.165, 1.54) is 51.6 Å². The average Bonchev–Trinajstić information content (AvgIpc) is 3.00. The highest BCUT2D eigenvalue weighted by molar-refractivity contribution is 14.1. The Labute approximate surface area is 269 Å². The number of halogens is 2. The summed E-state index contributed by atoms with van der Waals surface area (Å²) in [6.07, 6.45) is 1.59. The Morgan fingerprint density at radius 3 is 1.22 bits per heavy atom. The van der Waals surface area contributed by atoms with Gasteiger partial charge in [0.05, 0.1) is 0 Å². The highest BCUT2D eigenvalue weighted by Crippen LogP contribution is 2.36. The van der Waals surface area contributed by atoms with Gasteiger partial charge in [-0.25, -0.2) is 0 Å². The van der Waals surface area contributed by atoms with E-state index in [1.807, 2.05) is 0 Å². The summed E-state index contributed by atoms with van der Waals surface area (Å²) in [5.41, 5.74) is 9.67.